The summed E-state index contributed by atoms with van der Waals surface area (Å²) in [5.41, 5.74) is 11.3. The molecule has 27 heavy (non-hydrogen) atoms. The number of nitrogens with two attached hydrogens (primary N) is 2. The van der Waals surface area contributed by atoms with Crippen molar-refractivity contribution in [2.45, 2.75) is 49.0 Å². The summed E-state index contributed by atoms with van der Waals surface area (Å²) < 4.78 is 0. The summed E-state index contributed by atoms with van der Waals surface area (Å²) in [6.45, 7) is 3.13. The number of amidine groups is 1. The molecular weight excluding hydrogens is 368 g/mol. The number of aliphatic hydroxyl groups is 3. The molecule has 9 heteroatoms. The summed E-state index contributed by atoms with van der Waals surface area (Å²) in [5, 5.41) is 34.3. The number of hydrogen-bond acceptors (Lipinski definition) is 7. The molecule has 1 aliphatic carbocycles. The fraction of sp³-hybridized carbons (Fsp3) is 0.444. The second-order valence-corrected chi connectivity index (χ2v) is 8.40. The van der Waals surface area contributed by atoms with Gasteiger partial charge in [-0.2, -0.15) is 0 Å². The van der Waals surface area contributed by atoms with Crippen LogP contribution in [0.15, 0.2) is 44.8 Å². The van der Waals surface area contributed by atoms with Crippen LogP contribution in [-0.2, 0) is 4.79 Å². The Morgan fingerprint density at radius 3 is 2.48 bits per heavy atom. The maximum Gasteiger partial charge on any atom is 0.255 e. The maximum atomic E-state index is 12.0. The first-order valence-corrected chi connectivity index (χ1v) is 9.41. The highest BCUT2D eigenvalue weighted by Gasteiger charge is 2.47. The number of rotatable bonds is 4. The molecule has 0 unspecified atom stereocenters. The molecular formula is C18H24N4O4S. The number of benzene rings is 1. The first-order chi connectivity index (χ1) is 12.6. The van der Waals surface area contributed by atoms with E-state index in [9.17, 15) is 20.1 Å². The number of carbonyl (C=O) groups is 1. The average Bonchev–Trinajstić information content (AvgIpc) is 3.10. The summed E-state index contributed by atoms with van der Waals surface area (Å²) in [7, 11) is 0. The fourth-order valence-electron chi connectivity index (χ4n) is 3.47. The quantitative estimate of drug-likeness (QED) is 0.242. The SMILES string of the molecule is CC(C)(O)[C@H]1C[C@@H](N=C(N)C(C(N)=O)=C2Nc3ccccc3S2)[C@H](O)[C@@H]1O. The van der Waals surface area contributed by atoms with Crippen LogP contribution in [0.4, 0.5) is 5.69 Å². The van der Waals surface area contributed by atoms with Crippen molar-refractivity contribution in [1.82, 2.24) is 0 Å². The van der Waals surface area contributed by atoms with Crippen LogP contribution in [-0.4, -0.2) is 50.9 Å². The molecule has 2 aliphatic rings. The molecule has 1 fully saturated rings. The van der Waals surface area contributed by atoms with E-state index in [1.807, 2.05) is 24.3 Å². The van der Waals surface area contributed by atoms with Crippen molar-refractivity contribution >= 4 is 29.2 Å². The van der Waals surface area contributed by atoms with Crippen LogP contribution in [0.25, 0.3) is 0 Å². The number of primary amides is 1. The number of para-hydroxylation sites is 1. The number of thioether (sulfide) groups is 1. The minimum Gasteiger partial charge on any atom is -0.390 e. The van der Waals surface area contributed by atoms with Gasteiger partial charge in [0.1, 0.15) is 17.5 Å². The number of nitrogens with one attached hydrogen (secondary N) is 1. The highest BCUT2D eigenvalue weighted by molar-refractivity contribution is 8.03. The Bertz CT molecular complexity index is 791. The second kappa shape index (κ2) is 7.16. The third-order valence-corrected chi connectivity index (χ3v) is 6.03. The summed E-state index contributed by atoms with van der Waals surface area (Å²) in [5.74, 6) is -1.42. The van der Waals surface area contributed by atoms with Gasteiger partial charge in [-0.05, 0) is 32.4 Å². The van der Waals surface area contributed by atoms with Crippen molar-refractivity contribution < 1.29 is 20.1 Å². The number of anilines is 1. The van der Waals surface area contributed by atoms with E-state index in [0.29, 0.717) is 5.03 Å². The van der Waals surface area contributed by atoms with Gasteiger partial charge in [-0.15, -0.1) is 0 Å². The van der Waals surface area contributed by atoms with Gasteiger partial charge in [-0.1, -0.05) is 23.9 Å². The number of aliphatic imine (C=N–C) groups is 1. The molecule has 1 heterocycles. The van der Waals surface area contributed by atoms with E-state index < -0.39 is 35.7 Å². The molecule has 0 bridgehead atoms. The van der Waals surface area contributed by atoms with E-state index in [0.717, 1.165) is 10.6 Å². The Hall–Kier alpha value is -2.07. The molecule has 1 aromatic rings. The molecule has 1 amide bonds. The van der Waals surface area contributed by atoms with E-state index in [-0.39, 0.29) is 17.8 Å². The van der Waals surface area contributed by atoms with Crippen molar-refractivity contribution in [3.8, 4) is 0 Å². The summed E-state index contributed by atoms with van der Waals surface area (Å²) in [6, 6.07) is 6.76. The van der Waals surface area contributed by atoms with Crippen molar-refractivity contribution in [3.63, 3.8) is 0 Å². The zero-order valence-corrected chi connectivity index (χ0v) is 15.9. The maximum absolute atomic E-state index is 12.0. The van der Waals surface area contributed by atoms with E-state index in [2.05, 4.69) is 10.3 Å². The van der Waals surface area contributed by atoms with Gasteiger partial charge in [0.05, 0.1) is 28.5 Å². The predicted octanol–water partition coefficient (Wildman–Crippen LogP) is 0.139. The van der Waals surface area contributed by atoms with Crippen LogP contribution in [0.1, 0.15) is 20.3 Å². The van der Waals surface area contributed by atoms with Crippen LogP contribution >= 0.6 is 11.8 Å². The predicted molar refractivity (Wildman–Crippen MR) is 104 cm³/mol. The first kappa shape index (κ1) is 19.7. The minimum atomic E-state index is -1.19. The van der Waals surface area contributed by atoms with Gasteiger partial charge in [0.2, 0.25) is 0 Å². The van der Waals surface area contributed by atoms with Crippen LogP contribution < -0.4 is 16.8 Å². The van der Waals surface area contributed by atoms with Crippen LogP contribution in [0.3, 0.4) is 0 Å². The molecule has 1 aromatic carbocycles. The Morgan fingerprint density at radius 1 is 1.26 bits per heavy atom. The van der Waals surface area contributed by atoms with Gasteiger partial charge in [-0.25, -0.2) is 0 Å². The highest BCUT2D eigenvalue weighted by Crippen LogP contribution is 2.42. The molecule has 1 aliphatic heterocycles. The Labute approximate surface area is 161 Å². The minimum absolute atomic E-state index is 0.0320. The standard InChI is InChI=1S/C18H24N4O4S/c1-18(2,26)8-7-10(14(24)13(8)23)21-15(19)12(16(20)25)17-22-9-5-3-4-6-11(9)27-17/h3-6,8,10,13-14,22-24,26H,7H2,1-2H3,(H2,19,21)(H2,20,25)/t8-,10+,13+,14-/m0/s1. The Kier molecular flexibility index (Phi) is 5.22. The lowest BCUT2D eigenvalue weighted by Crippen LogP contribution is -2.39. The van der Waals surface area contributed by atoms with Gasteiger partial charge in [0.25, 0.3) is 5.91 Å². The number of fused-ring (bicyclic) bond motifs is 1. The molecule has 0 aromatic heterocycles. The van der Waals surface area contributed by atoms with Crippen molar-refractivity contribution in [2.75, 3.05) is 5.32 Å². The molecule has 4 atom stereocenters. The van der Waals surface area contributed by atoms with Crippen molar-refractivity contribution in [2.24, 2.45) is 22.4 Å². The van der Waals surface area contributed by atoms with Gasteiger partial charge >= 0.3 is 0 Å². The molecule has 0 spiro atoms. The highest BCUT2D eigenvalue weighted by atomic mass is 32.2. The summed E-state index contributed by atoms with van der Waals surface area (Å²) in [4.78, 5) is 17.2. The summed E-state index contributed by atoms with van der Waals surface area (Å²) >= 11 is 1.32. The molecule has 146 valence electrons. The largest absolute Gasteiger partial charge is 0.390 e. The summed E-state index contributed by atoms with van der Waals surface area (Å²) in [6.07, 6.45) is -2.10. The van der Waals surface area contributed by atoms with Gasteiger partial charge in [0.15, 0.2) is 0 Å². The van der Waals surface area contributed by atoms with E-state index >= 15 is 0 Å². The fourth-order valence-corrected chi connectivity index (χ4v) is 4.53. The van der Waals surface area contributed by atoms with Crippen molar-refractivity contribution in [1.29, 1.82) is 0 Å². The number of aliphatic hydroxyl groups excluding tert-OH is 2. The second-order valence-electron chi connectivity index (χ2n) is 7.35. The molecule has 8 N–H and O–H groups in total. The number of amides is 1. The zero-order valence-electron chi connectivity index (χ0n) is 15.1. The first-order valence-electron chi connectivity index (χ1n) is 8.59. The molecule has 3 rings (SSSR count). The third-order valence-electron chi connectivity index (χ3n) is 4.94. The zero-order chi connectivity index (χ0) is 19.9. The van der Waals surface area contributed by atoms with E-state index in [1.165, 1.54) is 11.8 Å². The molecule has 8 nitrogen and oxygen atoms in total. The number of hydrogen-bond donors (Lipinski definition) is 6. The lowest BCUT2D eigenvalue weighted by molar-refractivity contribution is -0.114. The third kappa shape index (κ3) is 3.81. The monoisotopic (exact) mass is 392 g/mol. The van der Waals surface area contributed by atoms with Gasteiger partial charge in [-0.3, -0.25) is 9.79 Å². The van der Waals surface area contributed by atoms with Crippen LogP contribution in [0.2, 0.25) is 0 Å². The Morgan fingerprint density at radius 2 is 1.93 bits per heavy atom. The lowest BCUT2D eigenvalue weighted by Gasteiger charge is -2.28. The van der Waals surface area contributed by atoms with Crippen LogP contribution in [0, 0.1) is 5.92 Å². The topological polar surface area (TPSA) is 154 Å². The molecule has 0 radical (unpaired) electrons. The smallest absolute Gasteiger partial charge is 0.255 e. The normalized spacial score (nSPS) is 30.0. The number of nitrogens with zero attached hydrogens (tertiary/aromatic N) is 1. The van der Waals surface area contributed by atoms with Crippen molar-refractivity contribution in [3.05, 3.63) is 34.9 Å². The van der Waals surface area contributed by atoms with E-state index in [4.69, 9.17) is 11.5 Å². The molecule has 1 saturated carbocycles. The van der Waals surface area contributed by atoms with Gasteiger partial charge in [0, 0.05) is 10.8 Å². The molecule has 0 saturated heterocycles. The van der Waals surface area contributed by atoms with Gasteiger partial charge < -0.3 is 32.1 Å². The van der Waals surface area contributed by atoms with E-state index in [1.54, 1.807) is 13.8 Å². The average molecular weight is 392 g/mol. The lowest BCUT2D eigenvalue weighted by atomic mass is 9.88. The van der Waals surface area contributed by atoms with Crippen LogP contribution in [0.5, 0.6) is 0 Å². The Balaban J connectivity index is 1.90. The number of carbonyl (C=O) groups excluding carboxylic acids is 1.